The van der Waals surface area contributed by atoms with E-state index in [-0.39, 0.29) is 0 Å². The zero-order valence-electron chi connectivity index (χ0n) is 5.97. The minimum Gasteiger partial charge on any atom is -0.239 e. The summed E-state index contributed by atoms with van der Waals surface area (Å²) in [6.07, 6.45) is 5.87. The summed E-state index contributed by atoms with van der Waals surface area (Å²) in [7, 11) is 2.03. The van der Waals surface area contributed by atoms with E-state index in [0.717, 1.165) is 6.54 Å². The Hall–Kier alpha value is -0.300. The van der Waals surface area contributed by atoms with Gasteiger partial charge in [-0.1, -0.05) is 6.08 Å². The van der Waals surface area contributed by atoms with E-state index in [0.29, 0.717) is 5.88 Å². The van der Waals surface area contributed by atoms with Gasteiger partial charge in [-0.3, -0.25) is 0 Å². The van der Waals surface area contributed by atoms with E-state index < -0.39 is 0 Å². The summed E-state index contributed by atoms with van der Waals surface area (Å²) >= 11 is 5.40. The van der Waals surface area contributed by atoms with E-state index in [1.807, 2.05) is 25.4 Å². The summed E-state index contributed by atoms with van der Waals surface area (Å²) < 4.78 is 2.09. The molecule has 0 spiro atoms. The topological polar surface area (TPSA) is 3.01 Å². The zero-order valence-corrected chi connectivity index (χ0v) is 6.73. The van der Waals surface area contributed by atoms with Crippen LogP contribution in [0.1, 0.15) is 6.92 Å². The van der Waals surface area contributed by atoms with Crippen LogP contribution in [-0.4, -0.2) is 30.3 Å². The molecule has 0 aromatic heterocycles. The largest absolute Gasteiger partial charge is 0.239 e. The third-order valence-corrected chi connectivity index (χ3v) is 1.24. The molecule has 0 aliphatic rings. The predicted molar refractivity (Wildman–Crippen MR) is 42.6 cm³/mol. The highest BCUT2D eigenvalue weighted by atomic mass is 35.5. The Bertz CT molecular complexity index is 116. The smallest absolute Gasteiger partial charge is 0.162 e. The number of nitrogens with zero attached hydrogens (tertiary/aromatic N) is 1. The van der Waals surface area contributed by atoms with E-state index in [2.05, 4.69) is 11.5 Å². The molecule has 0 radical (unpaired) electrons. The maximum absolute atomic E-state index is 5.40. The number of hydrogen-bond acceptors (Lipinski definition) is 0. The van der Waals surface area contributed by atoms with Crippen LogP contribution in [0.15, 0.2) is 12.2 Å². The number of hydrogen-bond donors (Lipinski definition) is 0. The van der Waals surface area contributed by atoms with E-state index in [1.54, 1.807) is 0 Å². The molecular weight excluding hydrogens is 134 g/mol. The van der Waals surface area contributed by atoms with Crippen molar-refractivity contribution in [3.05, 3.63) is 12.2 Å². The molecule has 2 heteroatoms. The molecule has 0 saturated heterocycles. The summed E-state index contributed by atoms with van der Waals surface area (Å²) in [5.74, 6) is 0.591. The molecule has 0 heterocycles. The normalized spacial score (nSPS) is 13.0. The van der Waals surface area contributed by atoms with Gasteiger partial charge in [0.25, 0.3) is 0 Å². The van der Waals surface area contributed by atoms with Crippen molar-refractivity contribution < 1.29 is 4.58 Å². The van der Waals surface area contributed by atoms with Crippen molar-refractivity contribution in [1.29, 1.82) is 0 Å². The Morgan fingerprint density at radius 1 is 1.56 bits per heavy atom. The second-order valence-corrected chi connectivity index (χ2v) is 2.11. The molecule has 0 saturated carbocycles. The molecular formula is C7H13ClN+. The van der Waals surface area contributed by atoms with Crippen molar-refractivity contribution in [1.82, 2.24) is 0 Å². The van der Waals surface area contributed by atoms with Crippen molar-refractivity contribution in [3.8, 4) is 0 Å². The van der Waals surface area contributed by atoms with Crippen LogP contribution in [0, 0.1) is 0 Å². The van der Waals surface area contributed by atoms with Crippen LogP contribution in [0.2, 0.25) is 0 Å². The van der Waals surface area contributed by atoms with Crippen molar-refractivity contribution in [2.45, 2.75) is 6.92 Å². The third-order valence-electron chi connectivity index (χ3n) is 1.06. The van der Waals surface area contributed by atoms with Crippen LogP contribution in [0.3, 0.4) is 0 Å². The molecule has 0 unspecified atom stereocenters. The van der Waals surface area contributed by atoms with E-state index in [4.69, 9.17) is 11.6 Å². The fraction of sp³-hybridized carbons (Fsp3) is 0.571. The van der Waals surface area contributed by atoms with Gasteiger partial charge in [-0.25, -0.2) is 4.58 Å². The van der Waals surface area contributed by atoms with Gasteiger partial charge in [-0.2, -0.15) is 0 Å². The number of rotatable bonds is 3. The van der Waals surface area contributed by atoms with Gasteiger partial charge in [0, 0.05) is 5.88 Å². The Kier molecular flexibility index (Phi) is 5.64. The highest BCUT2D eigenvalue weighted by molar-refractivity contribution is 6.19. The van der Waals surface area contributed by atoms with Crippen molar-refractivity contribution in [3.63, 3.8) is 0 Å². The van der Waals surface area contributed by atoms with Gasteiger partial charge in [0.2, 0.25) is 0 Å². The maximum Gasteiger partial charge on any atom is 0.162 e. The molecule has 0 rings (SSSR count). The van der Waals surface area contributed by atoms with E-state index in [1.165, 1.54) is 0 Å². The van der Waals surface area contributed by atoms with Crippen LogP contribution < -0.4 is 0 Å². The second-order valence-electron chi connectivity index (χ2n) is 1.80. The van der Waals surface area contributed by atoms with E-state index in [9.17, 15) is 0 Å². The third kappa shape index (κ3) is 5.57. The van der Waals surface area contributed by atoms with Gasteiger partial charge >= 0.3 is 0 Å². The van der Waals surface area contributed by atoms with Crippen LogP contribution in [0.4, 0.5) is 0 Å². The van der Waals surface area contributed by atoms with Crippen molar-refractivity contribution >= 4 is 17.8 Å². The standard InChI is InChI=1S/C7H13ClN/c1-3-9(2)7-5-4-6-8/h4-5,7H,3,6H2,1-2H3/q+1/b5-4+,9-7+. The van der Waals surface area contributed by atoms with Crippen molar-refractivity contribution in [2.75, 3.05) is 19.5 Å². The lowest BCUT2D eigenvalue weighted by Gasteiger charge is -1.84. The van der Waals surface area contributed by atoms with Crippen LogP contribution in [0.25, 0.3) is 0 Å². The quantitative estimate of drug-likeness (QED) is 0.323. The van der Waals surface area contributed by atoms with Gasteiger partial charge in [0.1, 0.15) is 13.6 Å². The second kappa shape index (κ2) is 5.83. The number of halogens is 1. The highest BCUT2D eigenvalue weighted by Crippen LogP contribution is 1.74. The molecule has 52 valence electrons. The maximum atomic E-state index is 5.40. The average molecular weight is 147 g/mol. The fourth-order valence-corrected chi connectivity index (χ4v) is 0.467. The molecule has 0 aliphatic carbocycles. The molecule has 0 fully saturated rings. The van der Waals surface area contributed by atoms with Crippen molar-refractivity contribution in [2.24, 2.45) is 0 Å². The van der Waals surface area contributed by atoms with Crippen LogP contribution >= 0.6 is 11.6 Å². The Morgan fingerprint density at radius 2 is 2.22 bits per heavy atom. The summed E-state index contributed by atoms with van der Waals surface area (Å²) in [6.45, 7) is 3.14. The average Bonchev–Trinajstić information content (AvgIpc) is 1.89. The first kappa shape index (κ1) is 8.70. The fourth-order valence-electron chi connectivity index (χ4n) is 0.365. The lowest BCUT2D eigenvalue weighted by Crippen LogP contribution is -2.03. The molecule has 1 nitrogen and oxygen atoms in total. The number of alkyl halides is 1. The van der Waals surface area contributed by atoms with Crippen LogP contribution in [-0.2, 0) is 0 Å². The Morgan fingerprint density at radius 3 is 2.67 bits per heavy atom. The van der Waals surface area contributed by atoms with Gasteiger partial charge < -0.3 is 0 Å². The lowest BCUT2D eigenvalue weighted by molar-refractivity contribution is -0.487. The van der Waals surface area contributed by atoms with Gasteiger partial charge in [0.05, 0.1) is 0 Å². The summed E-state index contributed by atoms with van der Waals surface area (Å²) in [5, 5.41) is 0. The Labute approximate surface area is 61.6 Å². The molecule has 0 bridgehead atoms. The monoisotopic (exact) mass is 146 g/mol. The molecule has 0 N–H and O–H groups in total. The molecule has 0 amide bonds. The predicted octanol–water partition coefficient (Wildman–Crippen LogP) is 1.51. The highest BCUT2D eigenvalue weighted by Gasteiger charge is 1.81. The molecule has 0 aromatic carbocycles. The molecule has 0 atom stereocenters. The van der Waals surface area contributed by atoms with Gasteiger partial charge in [-0.05, 0) is 13.0 Å². The first-order valence-corrected chi connectivity index (χ1v) is 3.61. The summed E-state index contributed by atoms with van der Waals surface area (Å²) in [6, 6.07) is 0. The van der Waals surface area contributed by atoms with Gasteiger partial charge in [0.15, 0.2) is 6.21 Å². The first-order valence-electron chi connectivity index (χ1n) is 3.07. The Balaban J connectivity index is 3.55. The minimum atomic E-state index is 0.591. The number of allylic oxidation sites excluding steroid dienone is 2. The molecule has 0 aliphatic heterocycles. The zero-order chi connectivity index (χ0) is 7.11. The lowest BCUT2D eigenvalue weighted by atomic mass is 10.5. The van der Waals surface area contributed by atoms with Gasteiger partial charge in [-0.15, -0.1) is 11.6 Å². The SMILES string of the molecule is CC/[N+](C)=C/C=C/CCl. The minimum absolute atomic E-state index is 0.591. The molecule has 0 aromatic rings. The van der Waals surface area contributed by atoms with E-state index >= 15 is 0 Å². The first-order chi connectivity index (χ1) is 4.31. The summed E-state index contributed by atoms with van der Waals surface area (Å²) in [5.41, 5.74) is 0. The summed E-state index contributed by atoms with van der Waals surface area (Å²) in [4.78, 5) is 0. The van der Waals surface area contributed by atoms with Crippen LogP contribution in [0.5, 0.6) is 0 Å². The molecule has 9 heavy (non-hydrogen) atoms.